The Hall–Kier alpha value is -4.43. The van der Waals surface area contributed by atoms with Crippen LogP contribution in [0.5, 0.6) is 0 Å². The molecule has 3 aliphatic heterocycles. The van der Waals surface area contributed by atoms with Crippen LogP contribution in [0.25, 0.3) is 11.1 Å². The first-order valence-electron chi connectivity index (χ1n) is 15.9. The molecule has 2 aromatic carbocycles. The van der Waals surface area contributed by atoms with Gasteiger partial charge in [0, 0.05) is 47.4 Å². The van der Waals surface area contributed by atoms with Crippen molar-refractivity contribution in [3.8, 4) is 11.1 Å². The third-order valence-corrected chi connectivity index (χ3v) is 9.38. The van der Waals surface area contributed by atoms with Crippen LogP contribution in [0.1, 0.15) is 78.4 Å². The van der Waals surface area contributed by atoms with Crippen LogP contribution in [-0.2, 0) is 29.0 Å². The normalized spacial score (nSPS) is 19.8. The SMILES string of the molecule is CC(C)(C)OC(=O)N1CC[C@@H](c2ccc(-c3cc(F)c4c(c3)C(=O)N(C(C(=O)NNS/C=C\N)c3ncn5c3CCC5)C4)cc2)[C@H](F)C1. The Morgan fingerprint density at radius 3 is 2.65 bits per heavy atom. The summed E-state index contributed by atoms with van der Waals surface area (Å²) in [6, 6.07) is 9.10. The summed E-state index contributed by atoms with van der Waals surface area (Å²) in [7, 11) is 0. The molecule has 1 unspecified atom stereocenters. The molecule has 11 nitrogen and oxygen atoms in total. The number of nitrogens with one attached hydrogen (secondary N) is 2. The maximum atomic E-state index is 15.7. The number of benzene rings is 2. The molecule has 254 valence electrons. The number of carbonyl (C=O) groups is 3. The molecule has 0 aliphatic carbocycles. The molecule has 1 saturated heterocycles. The van der Waals surface area contributed by atoms with Gasteiger partial charge in [-0.15, -0.1) is 0 Å². The van der Waals surface area contributed by atoms with Gasteiger partial charge < -0.3 is 24.8 Å². The highest BCUT2D eigenvalue weighted by Crippen LogP contribution is 2.38. The number of hydrazine groups is 1. The molecule has 4 N–H and O–H groups in total. The molecular weight excluding hydrogens is 640 g/mol. The number of fused-ring (bicyclic) bond motifs is 2. The summed E-state index contributed by atoms with van der Waals surface area (Å²) < 4.78 is 38.4. The van der Waals surface area contributed by atoms with E-state index in [9.17, 15) is 14.4 Å². The summed E-state index contributed by atoms with van der Waals surface area (Å²) in [5.41, 5.74) is 10.9. The van der Waals surface area contributed by atoms with E-state index in [-0.39, 0.29) is 24.2 Å². The lowest BCUT2D eigenvalue weighted by Gasteiger charge is -2.35. The fourth-order valence-electron chi connectivity index (χ4n) is 6.62. The van der Waals surface area contributed by atoms with Crippen LogP contribution >= 0.6 is 11.9 Å². The van der Waals surface area contributed by atoms with Gasteiger partial charge in [0.2, 0.25) is 0 Å². The number of aromatic nitrogens is 2. The summed E-state index contributed by atoms with van der Waals surface area (Å²) >= 11 is 1.05. The van der Waals surface area contributed by atoms with Gasteiger partial charge in [0.25, 0.3) is 11.8 Å². The summed E-state index contributed by atoms with van der Waals surface area (Å²) in [5.74, 6) is -1.95. The second kappa shape index (κ2) is 13.6. The molecule has 1 aromatic heterocycles. The fraction of sp³-hybridized carbons (Fsp3) is 0.412. The summed E-state index contributed by atoms with van der Waals surface area (Å²) in [6.07, 6.45) is 3.23. The first-order chi connectivity index (χ1) is 22.9. The number of aryl methyl sites for hydroxylation is 1. The molecule has 3 amide bonds. The number of carbonyl (C=O) groups excluding carboxylic acids is 3. The maximum absolute atomic E-state index is 15.7. The quantitative estimate of drug-likeness (QED) is 0.170. The summed E-state index contributed by atoms with van der Waals surface area (Å²) in [6.45, 7) is 6.30. The number of likely N-dealkylation sites (tertiary alicyclic amines) is 1. The third kappa shape index (κ3) is 6.76. The van der Waals surface area contributed by atoms with Crippen molar-refractivity contribution in [1.29, 1.82) is 0 Å². The first kappa shape index (κ1) is 33.5. The van der Waals surface area contributed by atoms with Gasteiger partial charge in [-0.05, 0) is 80.8 Å². The zero-order valence-corrected chi connectivity index (χ0v) is 27.9. The Kier molecular flexibility index (Phi) is 9.48. The average molecular weight is 680 g/mol. The number of amides is 3. The van der Waals surface area contributed by atoms with E-state index in [2.05, 4.69) is 15.2 Å². The van der Waals surface area contributed by atoms with Crippen LogP contribution in [0, 0.1) is 5.82 Å². The van der Waals surface area contributed by atoms with Crippen molar-refractivity contribution >= 4 is 29.9 Å². The maximum Gasteiger partial charge on any atom is 0.410 e. The van der Waals surface area contributed by atoms with Crippen LogP contribution in [-0.4, -0.2) is 62.1 Å². The minimum Gasteiger partial charge on any atom is -0.444 e. The smallest absolute Gasteiger partial charge is 0.410 e. The Balaban J connectivity index is 1.20. The molecular formula is C34H39F2N7O4S. The zero-order chi connectivity index (χ0) is 34.2. The lowest BCUT2D eigenvalue weighted by molar-refractivity contribution is -0.126. The Morgan fingerprint density at radius 2 is 1.94 bits per heavy atom. The van der Waals surface area contributed by atoms with Gasteiger partial charge in [-0.1, -0.05) is 24.3 Å². The Bertz CT molecular complexity index is 1740. The van der Waals surface area contributed by atoms with E-state index >= 15 is 8.78 Å². The molecule has 0 saturated carbocycles. The van der Waals surface area contributed by atoms with Crippen LogP contribution in [0.2, 0.25) is 0 Å². The molecule has 1 fully saturated rings. The van der Waals surface area contributed by atoms with Gasteiger partial charge in [-0.25, -0.2) is 18.6 Å². The van der Waals surface area contributed by atoms with Gasteiger partial charge >= 0.3 is 6.09 Å². The average Bonchev–Trinajstić information content (AvgIpc) is 3.75. The zero-order valence-electron chi connectivity index (χ0n) is 27.0. The van der Waals surface area contributed by atoms with Gasteiger partial charge in [0.05, 0.1) is 25.1 Å². The number of imidazole rings is 1. The number of piperidine rings is 1. The van der Waals surface area contributed by atoms with Crippen molar-refractivity contribution in [3.63, 3.8) is 0 Å². The predicted octanol–water partition coefficient (Wildman–Crippen LogP) is 5.09. The van der Waals surface area contributed by atoms with Crippen molar-refractivity contribution in [3.05, 3.63) is 88.2 Å². The van der Waals surface area contributed by atoms with E-state index in [1.54, 1.807) is 57.4 Å². The van der Waals surface area contributed by atoms with Crippen LogP contribution < -0.4 is 16.0 Å². The minimum atomic E-state index is -1.27. The molecule has 3 atom stereocenters. The van der Waals surface area contributed by atoms with Gasteiger partial charge in [0.1, 0.15) is 17.6 Å². The van der Waals surface area contributed by atoms with Crippen LogP contribution in [0.3, 0.4) is 0 Å². The van der Waals surface area contributed by atoms with E-state index in [0.29, 0.717) is 36.2 Å². The van der Waals surface area contributed by atoms with E-state index in [0.717, 1.165) is 36.2 Å². The topological polar surface area (TPSA) is 135 Å². The number of nitrogens with two attached hydrogens (primary N) is 1. The number of ether oxygens (including phenoxy) is 1. The third-order valence-electron chi connectivity index (χ3n) is 8.87. The van der Waals surface area contributed by atoms with E-state index in [1.165, 1.54) is 27.5 Å². The second-order valence-electron chi connectivity index (χ2n) is 13.2. The van der Waals surface area contributed by atoms with Crippen LogP contribution in [0.15, 0.2) is 54.3 Å². The molecule has 0 spiro atoms. The number of rotatable bonds is 8. The summed E-state index contributed by atoms with van der Waals surface area (Å²) in [5, 5.41) is 1.54. The van der Waals surface area contributed by atoms with Crippen molar-refractivity contribution < 1.29 is 27.9 Å². The molecule has 0 bridgehead atoms. The number of hydrogen-bond donors (Lipinski definition) is 3. The molecule has 0 radical (unpaired) electrons. The summed E-state index contributed by atoms with van der Waals surface area (Å²) in [4.78, 5) is 49.8. The number of nitrogens with zero attached hydrogens (tertiary/aromatic N) is 4. The minimum absolute atomic E-state index is 0.0591. The highest BCUT2D eigenvalue weighted by molar-refractivity contribution is 8.00. The Labute approximate surface area is 282 Å². The van der Waals surface area contributed by atoms with Crippen molar-refractivity contribution in [1.82, 2.24) is 29.6 Å². The van der Waals surface area contributed by atoms with Gasteiger partial charge in [-0.2, -0.15) is 4.83 Å². The van der Waals surface area contributed by atoms with Crippen molar-refractivity contribution in [2.75, 3.05) is 13.1 Å². The van der Waals surface area contributed by atoms with Gasteiger partial charge in [-0.3, -0.25) is 15.0 Å². The lowest BCUT2D eigenvalue weighted by Crippen LogP contribution is -2.46. The van der Waals surface area contributed by atoms with Gasteiger partial charge in [0.15, 0.2) is 6.04 Å². The highest BCUT2D eigenvalue weighted by atomic mass is 32.2. The molecule has 14 heteroatoms. The molecule has 48 heavy (non-hydrogen) atoms. The number of alkyl halides is 1. The van der Waals surface area contributed by atoms with Crippen LogP contribution in [0.4, 0.5) is 13.6 Å². The molecule has 4 heterocycles. The van der Waals surface area contributed by atoms with E-state index in [4.69, 9.17) is 10.5 Å². The fourth-order valence-corrected chi connectivity index (χ4v) is 6.93. The monoisotopic (exact) mass is 679 g/mol. The van der Waals surface area contributed by atoms with E-state index < -0.39 is 47.5 Å². The largest absolute Gasteiger partial charge is 0.444 e. The predicted molar refractivity (Wildman–Crippen MR) is 177 cm³/mol. The first-order valence-corrected chi connectivity index (χ1v) is 16.8. The molecule has 6 rings (SSSR count). The molecule has 3 aromatic rings. The standard InChI is InChI=1S/C34H39F2N7O4S/c1-34(2,3)47-33(46)41-13-10-23(27(36)18-41)21-8-6-20(7-9-21)22-15-24-25(26(35)16-22)17-43(32(24)45)30(31(44)39-40-48-14-11-37)29-28-5-4-12-42(28)19-38-29/h6-9,11,14-16,19,23,27,30,40H,4-5,10,12-13,17-18,37H2,1-3H3,(H,39,44)/b14-11-/t23-,27+,30?/m0/s1. The number of halogens is 2. The number of hydrogen-bond acceptors (Lipinski definition) is 8. The molecule has 3 aliphatic rings. The Morgan fingerprint density at radius 1 is 1.17 bits per heavy atom. The second-order valence-corrected chi connectivity index (χ2v) is 13.9. The van der Waals surface area contributed by atoms with E-state index in [1.807, 2.05) is 4.57 Å². The van der Waals surface area contributed by atoms with Crippen molar-refractivity contribution in [2.45, 2.75) is 76.9 Å². The highest BCUT2D eigenvalue weighted by Gasteiger charge is 2.42. The lowest BCUT2D eigenvalue weighted by atomic mass is 9.87. The van der Waals surface area contributed by atoms with Crippen molar-refractivity contribution in [2.24, 2.45) is 5.73 Å².